The van der Waals surface area contributed by atoms with Crippen molar-refractivity contribution in [2.24, 2.45) is 0 Å². The lowest BCUT2D eigenvalue weighted by Crippen LogP contribution is -2.52. The molecule has 216 valence electrons. The number of hydrogen-bond donors (Lipinski definition) is 2. The number of nitrogens with zero attached hydrogens (tertiary/aromatic N) is 1. The average molecular weight is 604 g/mol. The molecule has 0 spiro atoms. The third kappa shape index (κ3) is 6.18. The lowest BCUT2D eigenvalue weighted by molar-refractivity contribution is -0.192. The molecule has 1 aliphatic rings. The molecule has 0 aliphatic carbocycles. The summed E-state index contributed by atoms with van der Waals surface area (Å²) in [6, 6.07) is 13.0. The lowest BCUT2D eigenvalue weighted by atomic mass is 9.97. The molecule has 4 rings (SSSR count). The van der Waals surface area contributed by atoms with E-state index in [-0.39, 0.29) is 11.5 Å². The Morgan fingerprint density at radius 3 is 1.95 bits per heavy atom. The summed E-state index contributed by atoms with van der Waals surface area (Å²) in [4.78, 5) is 25.4. The van der Waals surface area contributed by atoms with Crippen LogP contribution in [0.4, 0.5) is 13.2 Å². The summed E-state index contributed by atoms with van der Waals surface area (Å²) in [5.41, 5.74) is -4.92. The van der Waals surface area contributed by atoms with Gasteiger partial charge in [0.15, 0.2) is 18.0 Å². The Hall–Kier alpha value is -3.36. The quantitative estimate of drug-likeness (QED) is 0.315. The van der Waals surface area contributed by atoms with Crippen LogP contribution in [-0.2, 0) is 21.1 Å². The second-order valence-electron chi connectivity index (χ2n) is 8.43. The predicted octanol–water partition coefficient (Wildman–Crippen LogP) is 3.18. The predicted molar refractivity (Wildman–Crippen MR) is 139 cm³/mol. The van der Waals surface area contributed by atoms with Crippen LogP contribution in [0.25, 0.3) is 0 Å². The van der Waals surface area contributed by atoms with E-state index in [0.717, 1.165) is 12.3 Å². The Labute approximate surface area is 230 Å². The second kappa shape index (κ2) is 12.0. The van der Waals surface area contributed by atoms with Crippen LogP contribution in [0, 0.1) is 0 Å². The van der Waals surface area contributed by atoms with Crippen LogP contribution in [-0.4, -0.2) is 59.8 Å². The summed E-state index contributed by atoms with van der Waals surface area (Å²) < 4.78 is 77.2. The number of alkyl halides is 3. The van der Waals surface area contributed by atoms with Crippen molar-refractivity contribution >= 4 is 18.5 Å². The third-order valence-corrected chi connectivity index (χ3v) is 7.99. The minimum atomic E-state index is -4.01. The fourth-order valence-corrected chi connectivity index (χ4v) is 5.71. The topological polar surface area (TPSA) is 130 Å². The van der Waals surface area contributed by atoms with Crippen LogP contribution in [0.15, 0.2) is 70.4 Å². The van der Waals surface area contributed by atoms with E-state index < -0.39 is 55.1 Å². The van der Waals surface area contributed by atoms with E-state index in [1.807, 2.05) is 4.98 Å². The van der Waals surface area contributed by atoms with Crippen LogP contribution in [0.5, 0.6) is 23.0 Å². The number of nitrogens with one attached hydrogen (secondary N) is 1. The summed E-state index contributed by atoms with van der Waals surface area (Å²) in [6.07, 6.45) is -9.66. The first-order chi connectivity index (χ1) is 19.0. The zero-order valence-corrected chi connectivity index (χ0v) is 22.7. The average Bonchev–Trinajstić information content (AvgIpc) is 3.19. The van der Waals surface area contributed by atoms with Gasteiger partial charge in [0.1, 0.15) is 29.1 Å². The molecule has 0 bridgehead atoms. The van der Waals surface area contributed by atoms with Gasteiger partial charge in [0.25, 0.3) is 12.0 Å². The molecule has 16 heteroatoms. The zero-order valence-electron chi connectivity index (χ0n) is 20.9. The number of aliphatic hydroxyl groups is 1. The molecule has 2 aromatic carbocycles. The van der Waals surface area contributed by atoms with Gasteiger partial charge in [0, 0.05) is 24.1 Å². The number of aromatic nitrogens is 2. The molecule has 40 heavy (non-hydrogen) atoms. The summed E-state index contributed by atoms with van der Waals surface area (Å²) in [7, 11) is 2.92. The lowest BCUT2D eigenvalue weighted by Gasteiger charge is -2.32. The van der Waals surface area contributed by atoms with Gasteiger partial charge >= 0.3 is 12.4 Å². The molecular weight excluding hydrogens is 580 g/mol. The van der Waals surface area contributed by atoms with Crippen LogP contribution in [0.1, 0.15) is 6.23 Å². The van der Waals surface area contributed by atoms with Crippen LogP contribution in [0.2, 0.25) is 0 Å². The van der Waals surface area contributed by atoms with E-state index in [0.29, 0.717) is 16.1 Å². The van der Waals surface area contributed by atoms with Crippen molar-refractivity contribution in [3.63, 3.8) is 0 Å². The van der Waals surface area contributed by atoms with Gasteiger partial charge in [-0.15, -0.1) is 0 Å². The van der Waals surface area contributed by atoms with E-state index in [2.05, 4.69) is 0 Å². The van der Waals surface area contributed by atoms with Gasteiger partial charge < -0.3 is 28.4 Å². The SMILES string of the molecule is COc1ccc(OP(=S)(OC[C@@]2(C(F)F)O[C@@H](n3ccc(=O)[nH]c3=O)[C@H](F)[C@H]2O)Oc2ccc(OC)cc2)cc1. The number of methoxy groups -OCH3 is 2. The fraction of sp³-hybridized carbons (Fsp3) is 0.333. The monoisotopic (exact) mass is 604 g/mol. The number of ether oxygens (including phenoxy) is 3. The van der Waals surface area contributed by atoms with Gasteiger partial charge in [0.05, 0.1) is 20.8 Å². The molecule has 0 unspecified atom stereocenters. The van der Waals surface area contributed by atoms with Gasteiger partial charge in [-0.1, -0.05) is 0 Å². The minimum absolute atomic E-state index is 0.137. The number of hydrogen-bond acceptors (Lipinski definition) is 10. The molecule has 2 heterocycles. The molecule has 0 amide bonds. The highest BCUT2D eigenvalue weighted by Gasteiger charge is 2.62. The Balaban J connectivity index is 1.64. The molecule has 1 fully saturated rings. The Morgan fingerprint density at radius 1 is 1.00 bits per heavy atom. The number of benzene rings is 2. The Kier molecular flexibility index (Phi) is 8.90. The number of aromatic amines is 1. The minimum Gasteiger partial charge on any atom is -0.497 e. The molecule has 1 aromatic heterocycles. The summed E-state index contributed by atoms with van der Waals surface area (Å²) in [5.74, 6) is 1.26. The molecule has 0 radical (unpaired) electrons. The van der Waals surface area contributed by atoms with E-state index in [4.69, 9.17) is 39.6 Å². The summed E-state index contributed by atoms with van der Waals surface area (Å²) in [5, 5.41) is 10.6. The van der Waals surface area contributed by atoms with Gasteiger partial charge in [-0.05, 0) is 48.5 Å². The highest BCUT2D eigenvalue weighted by atomic mass is 32.5. The molecule has 3 aromatic rings. The highest BCUT2D eigenvalue weighted by molar-refractivity contribution is 8.07. The van der Waals surface area contributed by atoms with Crippen LogP contribution >= 0.6 is 6.72 Å². The van der Waals surface area contributed by atoms with Crippen molar-refractivity contribution in [1.82, 2.24) is 9.55 Å². The van der Waals surface area contributed by atoms with E-state index in [1.54, 1.807) is 24.3 Å². The van der Waals surface area contributed by atoms with Crippen molar-refractivity contribution in [3.8, 4) is 23.0 Å². The number of aliphatic hydroxyl groups excluding tert-OH is 1. The molecular formula is C24H24F3N2O9PS. The smallest absolute Gasteiger partial charge is 0.435 e. The number of rotatable bonds is 11. The Morgan fingerprint density at radius 2 is 1.50 bits per heavy atom. The molecule has 1 saturated heterocycles. The van der Waals surface area contributed by atoms with E-state index in [9.17, 15) is 23.5 Å². The first kappa shape index (κ1) is 29.6. The first-order valence-electron chi connectivity index (χ1n) is 11.5. The highest BCUT2D eigenvalue weighted by Crippen LogP contribution is 2.53. The maximum absolute atomic E-state index is 15.1. The van der Waals surface area contributed by atoms with Crippen LogP contribution < -0.4 is 29.8 Å². The number of halogens is 3. The molecule has 1 aliphatic heterocycles. The molecule has 11 nitrogen and oxygen atoms in total. The van der Waals surface area contributed by atoms with Crippen molar-refractivity contribution < 1.29 is 46.1 Å². The number of H-pyrrole nitrogens is 1. The largest absolute Gasteiger partial charge is 0.497 e. The van der Waals surface area contributed by atoms with Crippen LogP contribution in [0.3, 0.4) is 0 Å². The summed E-state index contributed by atoms with van der Waals surface area (Å²) in [6.45, 7) is -5.20. The van der Waals surface area contributed by atoms with Gasteiger partial charge in [-0.25, -0.2) is 18.0 Å². The second-order valence-corrected chi connectivity index (χ2v) is 11.3. The first-order valence-corrected chi connectivity index (χ1v) is 14.1. The van der Waals surface area contributed by atoms with Crippen molar-refractivity contribution in [3.05, 3.63) is 81.6 Å². The van der Waals surface area contributed by atoms with Crippen molar-refractivity contribution in [2.45, 2.75) is 30.5 Å². The zero-order chi connectivity index (χ0) is 29.1. The van der Waals surface area contributed by atoms with Crippen molar-refractivity contribution in [1.29, 1.82) is 0 Å². The normalized spacial score (nSPS) is 22.7. The fourth-order valence-electron chi connectivity index (χ4n) is 3.77. The van der Waals surface area contributed by atoms with Gasteiger partial charge in [0.2, 0.25) is 0 Å². The van der Waals surface area contributed by atoms with E-state index in [1.165, 1.54) is 38.5 Å². The standard InChI is InChI=1S/C24H24F3N2O9PS/c1-33-14-3-7-16(8-4-14)37-39(40,38-17-9-5-15(34-2)6-10-17)35-13-24(22(26)27)20(31)19(25)21(36-24)29-12-11-18(30)28-23(29)32/h3-12,19-22,31H,13H2,1-2H3,(H,28,30,32)/t19-,20-,21-,24-/m1/s1. The Bertz CT molecular complexity index is 1420. The molecule has 4 atom stereocenters. The maximum atomic E-state index is 15.1. The third-order valence-electron chi connectivity index (χ3n) is 5.91. The maximum Gasteiger partial charge on any atom is 0.435 e. The molecule has 2 N–H and O–H groups in total. The molecule has 0 saturated carbocycles. The van der Waals surface area contributed by atoms with E-state index >= 15 is 4.39 Å². The van der Waals surface area contributed by atoms with Gasteiger partial charge in [-0.2, -0.15) is 0 Å². The van der Waals surface area contributed by atoms with Crippen molar-refractivity contribution in [2.75, 3.05) is 20.8 Å². The summed E-state index contributed by atoms with van der Waals surface area (Å²) >= 11 is 5.50. The van der Waals surface area contributed by atoms with Gasteiger partial charge in [-0.3, -0.25) is 18.9 Å².